The fourth-order valence-corrected chi connectivity index (χ4v) is 5.30. The van der Waals surface area contributed by atoms with Crippen molar-refractivity contribution in [2.45, 2.75) is 24.9 Å². The number of likely N-dealkylation sites (N-methyl/N-ethyl adjacent to an activating group) is 1. The van der Waals surface area contributed by atoms with Crippen LogP contribution in [0.25, 0.3) is 0 Å². The molecular formula is C30H34N2O6. The number of methoxy groups -OCH3 is 3. The molecule has 0 aromatic heterocycles. The van der Waals surface area contributed by atoms with E-state index in [9.17, 15) is 4.79 Å². The first-order chi connectivity index (χ1) is 18.5. The normalized spacial score (nSPS) is 18.3. The second kappa shape index (κ2) is 11.2. The van der Waals surface area contributed by atoms with Gasteiger partial charge in [0.15, 0.2) is 23.0 Å². The third kappa shape index (κ3) is 5.36. The molecule has 38 heavy (non-hydrogen) atoms. The Balaban J connectivity index is 1.33. The molecule has 0 unspecified atom stereocenters. The smallest absolute Gasteiger partial charge is 0.236 e. The molecule has 8 nitrogen and oxygen atoms in total. The van der Waals surface area contributed by atoms with Crippen LogP contribution in [0.1, 0.15) is 35.1 Å². The second-order valence-electron chi connectivity index (χ2n) is 9.70. The van der Waals surface area contributed by atoms with Crippen molar-refractivity contribution >= 4 is 5.91 Å². The van der Waals surface area contributed by atoms with Crippen LogP contribution in [0, 0.1) is 0 Å². The zero-order valence-electron chi connectivity index (χ0n) is 22.3. The Hall–Kier alpha value is -3.91. The van der Waals surface area contributed by atoms with Gasteiger partial charge in [0.1, 0.15) is 5.75 Å². The summed E-state index contributed by atoms with van der Waals surface area (Å²) in [5.41, 5.74) is 3.34. The summed E-state index contributed by atoms with van der Waals surface area (Å²) in [7, 11) is 6.73. The van der Waals surface area contributed by atoms with Crippen LogP contribution in [0.5, 0.6) is 28.7 Å². The molecule has 5 rings (SSSR count). The summed E-state index contributed by atoms with van der Waals surface area (Å²) >= 11 is 0. The number of amides is 1. The lowest BCUT2D eigenvalue weighted by molar-refractivity contribution is -0.131. The predicted molar refractivity (Wildman–Crippen MR) is 143 cm³/mol. The van der Waals surface area contributed by atoms with Crippen LogP contribution in [-0.4, -0.2) is 64.0 Å². The summed E-state index contributed by atoms with van der Waals surface area (Å²) in [6, 6.07) is 20.1. The molecule has 200 valence electrons. The minimum Gasteiger partial charge on any atom is -0.497 e. The van der Waals surface area contributed by atoms with Crippen molar-refractivity contribution in [3.8, 4) is 28.7 Å². The van der Waals surface area contributed by atoms with Gasteiger partial charge in [0.2, 0.25) is 12.7 Å². The Morgan fingerprint density at radius 2 is 1.63 bits per heavy atom. The van der Waals surface area contributed by atoms with Crippen molar-refractivity contribution in [1.82, 2.24) is 9.80 Å². The summed E-state index contributed by atoms with van der Waals surface area (Å²) in [5, 5.41) is 0. The van der Waals surface area contributed by atoms with Gasteiger partial charge >= 0.3 is 0 Å². The second-order valence-corrected chi connectivity index (χ2v) is 9.70. The number of rotatable bonds is 9. The Bertz CT molecular complexity index is 1280. The molecule has 0 spiro atoms. The van der Waals surface area contributed by atoms with E-state index < -0.39 is 0 Å². The van der Waals surface area contributed by atoms with Crippen LogP contribution in [0.15, 0.2) is 60.7 Å². The van der Waals surface area contributed by atoms with E-state index in [-0.39, 0.29) is 24.7 Å². The molecule has 0 bridgehead atoms. The predicted octanol–water partition coefficient (Wildman–Crippen LogP) is 4.63. The van der Waals surface area contributed by atoms with E-state index in [4.69, 9.17) is 23.7 Å². The molecular weight excluding hydrogens is 484 g/mol. The van der Waals surface area contributed by atoms with Gasteiger partial charge in [-0.05, 0) is 65.4 Å². The van der Waals surface area contributed by atoms with E-state index in [0.717, 1.165) is 35.8 Å². The average Bonchev–Trinajstić information content (AvgIpc) is 3.59. The lowest BCUT2D eigenvalue weighted by atomic mass is 9.93. The van der Waals surface area contributed by atoms with Crippen molar-refractivity contribution in [1.29, 1.82) is 0 Å². The first-order valence-corrected chi connectivity index (χ1v) is 12.7. The van der Waals surface area contributed by atoms with Crippen LogP contribution < -0.4 is 23.7 Å². The third-order valence-electron chi connectivity index (χ3n) is 7.40. The molecule has 2 heterocycles. The highest BCUT2D eigenvalue weighted by Crippen LogP contribution is 2.43. The fraction of sp³-hybridized carbons (Fsp3) is 0.367. The molecule has 1 fully saturated rings. The van der Waals surface area contributed by atoms with Crippen molar-refractivity contribution in [3.05, 3.63) is 77.4 Å². The number of carbonyl (C=O) groups is 1. The molecule has 0 aliphatic carbocycles. The summed E-state index contributed by atoms with van der Waals surface area (Å²) in [4.78, 5) is 17.5. The van der Waals surface area contributed by atoms with Crippen molar-refractivity contribution < 1.29 is 28.5 Å². The minimum absolute atomic E-state index is 0.0598. The van der Waals surface area contributed by atoms with Gasteiger partial charge in [0.25, 0.3) is 0 Å². The molecule has 0 N–H and O–H groups in total. The molecule has 2 aliphatic rings. The Morgan fingerprint density at radius 1 is 0.895 bits per heavy atom. The van der Waals surface area contributed by atoms with Crippen molar-refractivity contribution in [2.24, 2.45) is 0 Å². The molecule has 2 aliphatic heterocycles. The maximum Gasteiger partial charge on any atom is 0.236 e. The summed E-state index contributed by atoms with van der Waals surface area (Å²) < 4.78 is 27.2. The van der Waals surface area contributed by atoms with E-state index in [0.29, 0.717) is 24.6 Å². The zero-order chi connectivity index (χ0) is 26.6. The third-order valence-corrected chi connectivity index (χ3v) is 7.40. The van der Waals surface area contributed by atoms with E-state index in [2.05, 4.69) is 29.2 Å². The highest BCUT2D eigenvalue weighted by atomic mass is 16.7. The number of ether oxygens (including phenoxy) is 5. The van der Waals surface area contributed by atoms with Crippen molar-refractivity contribution in [3.63, 3.8) is 0 Å². The largest absolute Gasteiger partial charge is 0.497 e. The topological polar surface area (TPSA) is 69.7 Å². The lowest BCUT2D eigenvalue weighted by Gasteiger charge is -2.27. The zero-order valence-corrected chi connectivity index (χ0v) is 22.3. The SMILES string of the molecule is COc1ccc([C@H]2C[C@H](c3ccc4c(c3)OCO4)CN2CC(=O)N(C)Cc2ccc(OC)c(OC)c2)cc1. The Morgan fingerprint density at radius 3 is 2.37 bits per heavy atom. The number of carbonyl (C=O) groups excluding carboxylic acids is 1. The monoisotopic (exact) mass is 518 g/mol. The average molecular weight is 519 g/mol. The minimum atomic E-state index is 0.0598. The first kappa shape index (κ1) is 25.7. The van der Waals surface area contributed by atoms with Gasteiger partial charge in [0, 0.05) is 26.2 Å². The van der Waals surface area contributed by atoms with E-state index in [1.807, 2.05) is 43.4 Å². The molecule has 0 saturated carbocycles. The number of hydrogen-bond acceptors (Lipinski definition) is 7. The molecule has 0 radical (unpaired) electrons. The molecule has 2 atom stereocenters. The van der Waals surface area contributed by atoms with Crippen LogP contribution in [-0.2, 0) is 11.3 Å². The summed E-state index contributed by atoms with van der Waals surface area (Å²) in [5.74, 6) is 4.02. The molecule has 1 saturated heterocycles. The number of hydrogen-bond donors (Lipinski definition) is 0. The molecule has 8 heteroatoms. The van der Waals surface area contributed by atoms with Gasteiger partial charge in [-0.1, -0.05) is 24.3 Å². The summed E-state index contributed by atoms with van der Waals surface area (Å²) in [6.07, 6.45) is 0.901. The van der Waals surface area contributed by atoms with Gasteiger partial charge in [-0.25, -0.2) is 0 Å². The van der Waals surface area contributed by atoms with E-state index in [1.54, 1.807) is 26.2 Å². The van der Waals surface area contributed by atoms with Gasteiger partial charge in [-0.2, -0.15) is 0 Å². The van der Waals surface area contributed by atoms with Crippen LogP contribution in [0.2, 0.25) is 0 Å². The molecule has 3 aromatic carbocycles. The van der Waals surface area contributed by atoms with Gasteiger partial charge < -0.3 is 28.6 Å². The Kier molecular flexibility index (Phi) is 7.60. The van der Waals surface area contributed by atoms with Gasteiger partial charge in [-0.15, -0.1) is 0 Å². The van der Waals surface area contributed by atoms with E-state index >= 15 is 0 Å². The van der Waals surface area contributed by atoms with Gasteiger partial charge in [0.05, 0.1) is 27.9 Å². The highest BCUT2D eigenvalue weighted by molar-refractivity contribution is 5.78. The number of nitrogens with zero attached hydrogens (tertiary/aromatic N) is 2. The maximum absolute atomic E-state index is 13.4. The highest BCUT2D eigenvalue weighted by Gasteiger charge is 2.36. The van der Waals surface area contributed by atoms with Crippen LogP contribution >= 0.6 is 0 Å². The number of benzene rings is 3. The van der Waals surface area contributed by atoms with Crippen molar-refractivity contribution in [2.75, 3.05) is 48.3 Å². The maximum atomic E-state index is 13.4. The fourth-order valence-electron chi connectivity index (χ4n) is 5.30. The molecule has 1 amide bonds. The number of fused-ring (bicyclic) bond motifs is 1. The van der Waals surface area contributed by atoms with Crippen LogP contribution in [0.4, 0.5) is 0 Å². The Labute approximate surface area is 223 Å². The first-order valence-electron chi connectivity index (χ1n) is 12.7. The lowest BCUT2D eigenvalue weighted by Crippen LogP contribution is -2.38. The van der Waals surface area contributed by atoms with Gasteiger partial charge in [-0.3, -0.25) is 9.69 Å². The number of likely N-dealkylation sites (tertiary alicyclic amines) is 1. The standard InChI is InChI=1S/C30H34N2O6/c1-31(16-20-5-11-26(35-3)28(13-20)36-4)30(33)18-32-17-23(22-8-12-27-29(15-22)38-19-37-27)14-25(32)21-6-9-24(34-2)10-7-21/h5-13,15,23,25H,14,16-19H2,1-4H3/t23-,25+/m0/s1. The summed E-state index contributed by atoms with van der Waals surface area (Å²) in [6.45, 7) is 1.82. The quantitative estimate of drug-likeness (QED) is 0.409. The van der Waals surface area contributed by atoms with E-state index in [1.165, 1.54) is 11.1 Å². The molecule has 3 aromatic rings. The van der Waals surface area contributed by atoms with Crippen LogP contribution in [0.3, 0.4) is 0 Å².